The van der Waals surface area contributed by atoms with E-state index in [1.54, 1.807) is 27.5 Å². The van der Waals surface area contributed by atoms with Crippen molar-refractivity contribution in [2.75, 3.05) is 22.9 Å². The highest BCUT2D eigenvalue weighted by Gasteiger charge is 2.26. The molecule has 1 aromatic heterocycles. The molecule has 6 heteroatoms. The predicted octanol–water partition coefficient (Wildman–Crippen LogP) is 2.06. The van der Waals surface area contributed by atoms with Crippen LogP contribution in [0.2, 0.25) is 0 Å². The molecule has 1 aromatic carbocycles. The lowest BCUT2D eigenvalue weighted by Gasteiger charge is -2.29. The van der Waals surface area contributed by atoms with Gasteiger partial charge in [0.1, 0.15) is 0 Å². The van der Waals surface area contributed by atoms with Gasteiger partial charge in [0.25, 0.3) is 5.91 Å². The van der Waals surface area contributed by atoms with Gasteiger partial charge in [0.2, 0.25) is 0 Å². The van der Waals surface area contributed by atoms with Gasteiger partial charge in [-0.3, -0.25) is 9.48 Å². The third-order valence-electron chi connectivity index (χ3n) is 3.34. The number of carbonyl (C=O) groups excluding carboxylic acids is 1. The Kier molecular flexibility index (Phi) is 3.17. The van der Waals surface area contributed by atoms with Crippen molar-refractivity contribution in [3.05, 3.63) is 35.7 Å². The van der Waals surface area contributed by atoms with Crippen LogP contribution < -0.4 is 10.6 Å². The lowest BCUT2D eigenvalue weighted by molar-refractivity contribution is 0.0987. The fourth-order valence-electron chi connectivity index (χ4n) is 2.40. The van der Waals surface area contributed by atoms with Crippen molar-refractivity contribution in [3.63, 3.8) is 0 Å². The molecule has 2 aromatic rings. The van der Waals surface area contributed by atoms with E-state index in [0.29, 0.717) is 17.8 Å². The van der Waals surface area contributed by atoms with Crippen LogP contribution in [0.5, 0.6) is 0 Å². The SMILES string of the molecule is Cc1nn(C)cc1C(=O)N1CCSc2ccc(N)cc21. The van der Waals surface area contributed by atoms with Gasteiger partial charge in [0.15, 0.2) is 0 Å². The van der Waals surface area contributed by atoms with E-state index in [1.807, 2.05) is 32.2 Å². The molecule has 0 bridgehead atoms. The molecule has 0 spiro atoms. The summed E-state index contributed by atoms with van der Waals surface area (Å²) in [5, 5.41) is 4.24. The summed E-state index contributed by atoms with van der Waals surface area (Å²) in [5.74, 6) is 0.879. The van der Waals surface area contributed by atoms with Crippen LogP contribution in [0.4, 0.5) is 11.4 Å². The number of rotatable bonds is 1. The van der Waals surface area contributed by atoms with Crippen LogP contribution in [0.15, 0.2) is 29.3 Å². The summed E-state index contributed by atoms with van der Waals surface area (Å²) in [6.07, 6.45) is 1.77. The normalized spacial score (nSPS) is 14.2. The maximum atomic E-state index is 12.7. The zero-order chi connectivity index (χ0) is 14.3. The van der Waals surface area contributed by atoms with Crippen LogP contribution in [-0.2, 0) is 7.05 Å². The number of aromatic nitrogens is 2. The molecule has 20 heavy (non-hydrogen) atoms. The van der Waals surface area contributed by atoms with Crippen molar-refractivity contribution in [1.82, 2.24) is 9.78 Å². The minimum absolute atomic E-state index is 0.0113. The number of amides is 1. The standard InChI is InChI=1S/C14H16N4OS/c1-9-11(8-17(2)16-9)14(19)18-5-6-20-13-4-3-10(15)7-12(13)18/h3-4,7-8H,5-6,15H2,1-2H3. The van der Waals surface area contributed by atoms with Crippen molar-refractivity contribution in [1.29, 1.82) is 0 Å². The van der Waals surface area contributed by atoms with Gasteiger partial charge in [0, 0.05) is 36.1 Å². The molecular weight excluding hydrogens is 272 g/mol. The number of nitrogens with zero attached hydrogens (tertiary/aromatic N) is 3. The number of hydrogen-bond donors (Lipinski definition) is 1. The van der Waals surface area contributed by atoms with Crippen molar-refractivity contribution < 1.29 is 4.79 Å². The smallest absolute Gasteiger partial charge is 0.261 e. The molecule has 104 valence electrons. The Hall–Kier alpha value is -1.95. The maximum Gasteiger partial charge on any atom is 0.261 e. The Morgan fingerprint density at radius 2 is 2.25 bits per heavy atom. The van der Waals surface area contributed by atoms with Crippen LogP contribution >= 0.6 is 11.8 Å². The number of fused-ring (bicyclic) bond motifs is 1. The molecule has 3 rings (SSSR count). The molecule has 0 saturated heterocycles. The van der Waals surface area contributed by atoms with Gasteiger partial charge in [-0.05, 0) is 25.1 Å². The highest BCUT2D eigenvalue weighted by molar-refractivity contribution is 7.99. The number of aryl methyl sites for hydroxylation is 2. The molecule has 1 amide bonds. The third kappa shape index (κ3) is 2.16. The van der Waals surface area contributed by atoms with Crippen LogP contribution in [0.25, 0.3) is 0 Å². The summed E-state index contributed by atoms with van der Waals surface area (Å²) >= 11 is 1.75. The van der Waals surface area contributed by atoms with Gasteiger partial charge in [-0.1, -0.05) is 0 Å². The first-order chi connectivity index (χ1) is 9.56. The Morgan fingerprint density at radius 1 is 1.45 bits per heavy atom. The number of hydrogen-bond acceptors (Lipinski definition) is 4. The van der Waals surface area contributed by atoms with Crippen LogP contribution in [-0.4, -0.2) is 28.0 Å². The summed E-state index contributed by atoms with van der Waals surface area (Å²) in [6.45, 7) is 2.54. The van der Waals surface area contributed by atoms with Crippen LogP contribution in [0.3, 0.4) is 0 Å². The molecule has 1 aliphatic rings. The lowest BCUT2D eigenvalue weighted by atomic mass is 10.2. The maximum absolute atomic E-state index is 12.7. The Bertz CT molecular complexity index is 680. The number of thioether (sulfide) groups is 1. The van der Waals surface area contributed by atoms with Crippen LogP contribution in [0.1, 0.15) is 16.1 Å². The molecule has 0 aliphatic carbocycles. The van der Waals surface area contributed by atoms with Gasteiger partial charge >= 0.3 is 0 Å². The van der Waals surface area contributed by atoms with E-state index in [2.05, 4.69) is 5.10 Å². The fraction of sp³-hybridized carbons (Fsp3) is 0.286. The summed E-state index contributed by atoms with van der Waals surface area (Å²) in [5.41, 5.74) is 8.82. The Morgan fingerprint density at radius 3 is 2.95 bits per heavy atom. The second-order valence-corrected chi connectivity index (χ2v) is 5.97. The first kappa shape index (κ1) is 13.1. The van der Waals surface area contributed by atoms with E-state index >= 15 is 0 Å². The molecule has 0 atom stereocenters. The number of anilines is 2. The van der Waals surface area contributed by atoms with Crippen molar-refractivity contribution in [2.24, 2.45) is 7.05 Å². The first-order valence-corrected chi connectivity index (χ1v) is 7.39. The first-order valence-electron chi connectivity index (χ1n) is 6.40. The van der Waals surface area contributed by atoms with Gasteiger partial charge in [0.05, 0.1) is 16.9 Å². The minimum Gasteiger partial charge on any atom is -0.399 e. The predicted molar refractivity (Wildman–Crippen MR) is 81.2 cm³/mol. The van der Waals surface area contributed by atoms with Crippen molar-refractivity contribution in [3.8, 4) is 0 Å². The third-order valence-corrected chi connectivity index (χ3v) is 4.38. The fourth-order valence-corrected chi connectivity index (χ4v) is 3.38. The topological polar surface area (TPSA) is 64.2 Å². The molecular formula is C14H16N4OS. The van der Waals surface area contributed by atoms with Crippen LogP contribution in [0, 0.1) is 6.92 Å². The summed E-state index contributed by atoms with van der Waals surface area (Å²) in [7, 11) is 1.82. The largest absolute Gasteiger partial charge is 0.399 e. The van der Waals surface area contributed by atoms with E-state index in [-0.39, 0.29) is 5.91 Å². The summed E-state index contributed by atoms with van der Waals surface area (Å²) in [4.78, 5) is 15.6. The molecule has 2 heterocycles. The van der Waals surface area contributed by atoms with E-state index in [9.17, 15) is 4.79 Å². The van der Waals surface area contributed by atoms with E-state index in [0.717, 1.165) is 22.0 Å². The number of carbonyl (C=O) groups is 1. The van der Waals surface area contributed by atoms with E-state index in [4.69, 9.17) is 5.73 Å². The average molecular weight is 288 g/mol. The van der Waals surface area contributed by atoms with Gasteiger partial charge in [-0.25, -0.2) is 0 Å². The zero-order valence-electron chi connectivity index (χ0n) is 11.5. The molecule has 5 nitrogen and oxygen atoms in total. The molecule has 0 radical (unpaired) electrons. The number of nitrogen functional groups attached to an aromatic ring is 1. The van der Waals surface area contributed by atoms with E-state index < -0.39 is 0 Å². The van der Waals surface area contributed by atoms with Crippen molar-refractivity contribution in [2.45, 2.75) is 11.8 Å². The Balaban J connectivity index is 2.02. The summed E-state index contributed by atoms with van der Waals surface area (Å²) in [6, 6.07) is 5.71. The lowest BCUT2D eigenvalue weighted by Crippen LogP contribution is -2.35. The quantitative estimate of drug-likeness (QED) is 0.816. The second-order valence-electron chi connectivity index (χ2n) is 4.83. The average Bonchev–Trinajstić information content (AvgIpc) is 2.76. The number of benzene rings is 1. The molecule has 1 aliphatic heterocycles. The molecule has 0 fully saturated rings. The monoisotopic (exact) mass is 288 g/mol. The van der Waals surface area contributed by atoms with Gasteiger partial charge in [-0.2, -0.15) is 5.10 Å². The second kappa shape index (κ2) is 4.86. The summed E-state index contributed by atoms with van der Waals surface area (Å²) < 4.78 is 1.67. The molecule has 0 saturated carbocycles. The zero-order valence-corrected chi connectivity index (χ0v) is 12.3. The highest BCUT2D eigenvalue weighted by atomic mass is 32.2. The minimum atomic E-state index is -0.0113. The molecule has 2 N–H and O–H groups in total. The van der Waals surface area contributed by atoms with Crippen molar-refractivity contribution >= 4 is 29.0 Å². The van der Waals surface area contributed by atoms with Gasteiger partial charge < -0.3 is 10.6 Å². The molecule has 0 unspecified atom stereocenters. The highest BCUT2D eigenvalue weighted by Crippen LogP contribution is 2.36. The Labute approximate surface area is 121 Å². The van der Waals surface area contributed by atoms with Gasteiger partial charge in [-0.15, -0.1) is 11.8 Å². The van der Waals surface area contributed by atoms with E-state index in [1.165, 1.54) is 0 Å². The number of nitrogens with two attached hydrogens (primary N) is 1.